The Hall–Kier alpha value is -0.710. The molecule has 15 heavy (non-hydrogen) atoms. The van der Waals surface area contributed by atoms with Gasteiger partial charge < -0.3 is 10.5 Å². The number of nitrogens with two attached hydrogens (primary N) is 1. The molecule has 0 saturated carbocycles. The van der Waals surface area contributed by atoms with E-state index in [-0.39, 0.29) is 12.4 Å². The van der Waals surface area contributed by atoms with Gasteiger partial charge in [0, 0.05) is 31.0 Å². The monoisotopic (exact) mass is 229 g/mol. The Labute approximate surface area is 95.7 Å². The number of ether oxygens (including phenoxy) is 1. The average Bonchev–Trinajstić information content (AvgIpc) is 2.30. The van der Waals surface area contributed by atoms with Crippen LogP contribution >= 0.6 is 12.4 Å². The van der Waals surface area contributed by atoms with Crippen LogP contribution < -0.4 is 5.73 Å². The molecule has 84 valence electrons. The van der Waals surface area contributed by atoms with Crippen molar-refractivity contribution >= 4 is 12.4 Å². The molecule has 1 aliphatic heterocycles. The molecule has 0 amide bonds. The van der Waals surface area contributed by atoms with Gasteiger partial charge in [-0.3, -0.25) is 0 Å². The Morgan fingerprint density at radius 2 is 2.13 bits per heavy atom. The van der Waals surface area contributed by atoms with Crippen molar-refractivity contribution in [1.82, 2.24) is 9.97 Å². The quantitative estimate of drug-likeness (QED) is 0.829. The molecule has 0 atom stereocenters. The first-order valence-corrected chi connectivity index (χ1v) is 5.00. The fourth-order valence-electron chi connectivity index (χ4n) is 1.73. The van der Waals surface area contributed by atoms with E-state index in [0.717, 1.165) is 37.6 Å². The summed E-state index contributed by atoms with van der Waals surface area (Å²) in [7, 11) is 0. The third-order valence-corrected chi connectivity index (χ3v) is 2.55. The van der Waals surface area contributed by atoms with Crippen LogP contribution in [0, 0.1) is 0 Å². The number of rotatable bonds is 2. The molecule has 1 aliphatic rings. The number of nitrogens with zero attached hydrogens (tertiary/aromatic N) is 2. The Bertz CT molecular complexity index is 302. The Balaban J connectivity index is 0.00000112. The van der Waals surface area contributed by atoms with E-state index in [9.17, 15) is 0 Å². The molecule has 2 rings (SSSR count). The fourth-order valence-corrected chi connectivity index (χ4v) is 1.73. The SMILES string of the molecule is Cl.NCc1nccc(C2CCOCC2)n1. The van der Waals surface area contributed by atoms with Crippen LogP contribution in [0.3, 0.4) is 0 Å². The molecule has 0 radical (unpaired) electrons. The standard InChI is InChI=1S/C10H15N3O.ClH/c11-7-10-12-4-1-9(13-10)8-2-5-14-6-3-8;/h1,4,8H,2-3,5-7,11H2;1H. The van der Waals surface area contributed by atoms with Crippen LogP contribution in [0.2, 0.25) is 0 Å². The van der Waals surface area contributed by atoms with Crippen LogP contribution in [0.15, 0.2) is 12.3 Å². The second-order valence-corrected chi connectivity index (χ2v) is 3.49. The van der Waals surface area contributed by atoms with Crippen molar-refractivity contribution in [3.63, 3.8) is 0 Å². The van der Waals surface area contributed by atoms with E-state index in [4.69, 9.17) is 10.5 Å². The van der Waals surface area contributed by atoms with Crippen molar-refractivity contribution < 1.29 is 4.74 Å². The van der Waals surface area contributed by atoms with Crippen LogP contribution in [0.4, 0.5) is 0 Å². The molecule has 4 nitrogen and oxygen atoms in total. The van der Waals surface area contributed by atoms with Crippen LogP contribution in [0.25, 0.3) is 0 Å². The van der Waals surface area contributed by atoms with E-state index < -0.39 is 0 Å². The summed E-state index contributed by atoms with van der Waals surface area (Å²) in [6.45, 7) is 2.09. The van der Waals surface area contributed by atoms with Crippen molar-refractivity contribution in [2.45, 2.75) is 25.3 Å². The average molecular weight is 230 g/mol. The molecule has 1 saturated heterocycles. The maximum absolute atomic E-state index is 5.50. The molecule has 0 aromatic carbocycles. The van der Waals surface area contributed by atoms with Gasteiger partial charge in [0.25, 0.3) is 0 Å². The van der Waals surface area contributed by atoms with E-state index in [1.54, 1.807) is 6.20 Å². The minimum absolute atomic E-state index is 0. The van der Waals surface area contributed by atoms with Gasteiger partial charge in [0.05, 0.1) is 6.54 Å². The maximum atomic E-state index is 5.50. The largest absolute Gasteiger partial charge is 0.381 e. The zero-order valence-corrected chi connectivity index (χ0v) is 9.37. The highest BCUT2D eigenvalue weighted by Gasteiger charge is 2.17. The molecule has 2 N–H and O–H groups in total. The van der Waals surface area contributed by atoms with Crippen LogP contribution in [-0.4, -0.2) is 23.2 Å². The highest BCUT2D eigenvalue weighted by Crippen LogP contribution is 2.24. The summed E-state index contributed by atoms with van der Waals surface area (Å²) >= 11 is 0. The van der Waals surface area contributed by atoms with E-state index in [2.05, 4.69) is 9.97 Å². The zero-order valence-electron chi connectivity index (χ0n) is 8.56. The van der Waals surface area contributed by atoms with Crippen LogP contribution in [0.1, 0.15) is 30.3 Å². The van der Waals surface area contributed by atoms with E-state index >= 15 is 0 Å². The molecule has 2 heterocycles. The predicted octanol–water partition coefficient (Wildman–Crippen LogP) is 1.25. The molecular formula is C10H16ClN3O. The number of halogens is 1. The molecule has 0 unspecified atom stereocenters. The summed E-state index contributed by atoms with van der Waals surface area (Å²) in [5, 5.41) is 0. The minimum Gasteiger partial charge on any atom is -0.381 e. The van der Waals surface area contributed by atoms with Gasteiger partial charge in [-0.05, 0) is 18.9 Å². The number of hydrogen-bond acceptors (Lipinski definition) is 4. The summed E-state index contributed by atoms with van der Waals surface area (Å²) in [4.78, 5) is 8.51. The van der Waals surface area contributed by atoms with Crippen molar-refractivity contribution in [1.29, 1.82) is 0 Å². The first-order valence-electron chi connectivity index (χ1n) is 5.00. The van der Waals surface area contributed by atoms with Gasteiger partial charge in [-0.25, -0.2) is 9.97 Å². The normalized spacial score (nSPS) is 17.1. The minimum atomic E-state index is 0. The number of hydrogen-bond donors (Lipinski definition) is 1. The Kier molecular flexibility index (Phi) is 4.94. The van der Waals surface area contributed by atoms with Gasteiger partial charge in [-0.2, -0.15) is 0 Å². The van der Waals surface area contributed by atoms with Crippen molar-refractivity contribution in [2.24, 2.45) is 5.73 Å². The molecule has 0 aliphatic carbocycles. The third-order valence-electron chi connectivity index (χ3n) is 2.55. The van der Waals surface area contributed by atoms with E-state index in [1.807, 2.05) is 6.07 Å². The van der Waals surface area contributed by atoms with Crippen molar-refractivity contribution in [3.8, 4) is 0 Å². The van der Waals surface area contributed by atoms with E-state index in [1.165, 1.54) is 0 Å². The van der Waals surface area contributed by atoms with Gasteiger partial charge in [0.1, 0.15) is 5.82 Å². The summed E-state index contributed by atoms with van der Waals surface area (Å²) in [6.07, 6.45) is 3.90. The molecule has 1 fully saturated rings. The summed E-state index contributed by atoms with van der Waals surface area (Å²) in [6, 6.07) is 1.98. The summed E-state index contributed by atoms with van der Waals surface area (Å²) in [5.74, 6) is 1.26. The Morgan fingerprint density at radius 3 is 2.80 bits per heavy atom. The topological polar surface area (TPSA) is 61.0 Å². The lowest BCUT2D eigenvalue weighted by atomic mass is 9.96. The summed E-state index contributed by atoms with van der Waals surface area (Å²) < 4.78 is 5.31. The first kappa shape index (κ1) is 12.4. The highest BCUT2D eigenvalue weighted by atomic mass is 35.5. The lowest BCUT2D eigenvalue weighted by Gasteiger charge is -2.21. The predicted molar refractivity (Wildman–Crippen MR) is 60.0 cm³/mol. The van der Waals surface area contributed by atoms with Crippen molar-refractivity contribution in [3.05, 3.63) is 23.8 Å². The van der Waals surface area contributed by atoms with Gasteiger partial charge in [-0.1, -0.05) is 0 Å². The fraction of sp³-hybridized carbons (Fsp3) is 0.600. The second-order valence-electron chi connectivity index (χ2n) is 3.49. The van der Waals surface area contributed by atoms with E-state index in [0.29, 0.717) is 12.5 Å². The molecule has 0 bridgehead atoms. The molecule has 1 aromatic rings. The van der Waals surface area contributed by atoms with Gasteiger partial charge in [0.2, 0.25) is 0 Å². The third kappa shape index (κ3) is 3.12. The smallest absolute Gasteiger partial charge is 0.142 e. The lowest BCUT2D eigenvalue weighted by Crippen LogP contribution is -2.16. The molecule has 1 aromatic heterocycles. The Morgan fingerprint density at radius 1 is 1.40 bits per heavy atom. The zero-order chi connectivity index (χ0) is 9.80. The van der Waals surface area contributed by atoms with Gasteiger partial charge >= 0.3 is 0 Å². The first-order chi connectivity index (χ1) is 6.90. The molecular weight excluding hydrogens is 214 g/mol. The molecule has 0 spiro atoms. The van der Waals surface area contributed by atoms with Crippen LogP contribution in [-0.2, 0) is 11.3 Å². The lowest BCUT2D eigenvalue weighted by molar-refractivity contribution is 0.0844. The maximum Gasteiger partial charge on any atom is 0.142 e. The van der Waals surface area contributed by atoms with Gasteiger partial charge in [-0.15, -0.1) is 12.4 Å². The van der Waals surface area contributed by atoms with Crippen molar-refractivity contribution in [2.75, 3.05) is 13.2 Å². The molecule has 5 heteroatoms. The summed E-state index contributed by atoms with van der Waals surface area (Å²) in [5.41, 5.74) is 6.61. The second kappa shape index (κ2) is 6.00. The van der Waals surface area contributed by atoms with Crippen LogP contribution in [0.5, 0.6) is 0 Å². The number of aromatic nitrogens is 2. The van der Waals surface area contributed by atoms with Gasteiger partial charge in [0.15, 0.2) is 0 Å². The highest BCUT2D eigenvalue weighted by molar-refractivity contribution is 5.85.